The van der Waals surface area contributed by atoms with E-state index in [1.165, 1.54) is 19.9 Å². The van der Waals surface area contributed by atoms with E-state index in [1.807, 2.05) is 0 Å². The van der Waals surface area contributed by atoms with Crippen LogP contribution in [0.25, 0.3) is 0 Å². The number of hydrogen-bond acceptors (Lipinski definition) is 1. The maximum atomic E-state index is 12.8. The van der Waals surface area contributed by atoms with E-state index in [4.69, 9.17) is 0 Å². The number of halogens is 2. The van der Waals surface area contributed by atoms with Gasteiger partial charge >= 0.3 is 0 Å². The highest BCUT2D eigenvalue weighted by molar-refractivity contribution is 7.84. The molecule has 0 saturated carbocycles. The molecule has 0 nitrogen and oxygen atoms in total. The minimum absolute atomic E-state index is 0.0312. The van der Waals surface area contributed by atoms with Gasteiger partial charge < -0.3 is 0 Å². The van der Waals surface area contributed by atoms with Gasteiger partial charge in [0.25, 0.3) is 0 Å². The maximum Gasteiger partial charge on any atom is 0.168 e. The smallest absolute Gasteiger partial charge is 0.168 e. The molecule has 3 heteroatoms. The van der Waals surface area contributed by atoms with Crippen LogP contribution in [-0.2, 0) is 0 Å². The van der Waals surface area contributed by atoms with Crippen molar-refractivity contribution in [3.63, 3.8) is 0 Å². The van der Waals surface area contributed by atoms with E-state index in [2.05, 4.69) is 19.2 Å². The summed E-state index contributed by atoms with van der Waals surface area (Å²) in [6.07, 6.45) is 1.26. The monoisotopic (exact) mass is 176 g/mol. The molecule has 0 aliphatic heterocycles. The van der Waals surface area contributed by atoms with E-state index in [0.717, 1.165) is 0 Å². The van der Waals surface area contributed by atoms with Gasteiger partial charge in [-0.1, -0.05) is 12.7 Å². The molecular weight excluding hydrogens is 166 g/mol. The van der Waals surface area contributed by atoms with E-state index < -0.39 is 11.7 Å². The normalized spacial score (nSPS) is 15.4. The van der Waals surface area contributed by atoms with Gasteiger partial charge in [-0.2, -0.15) is 0 Å². The Morgan fingerprint density at radius 1 is 1.27 bits per heavy atom. The average molecular weight is 176 g/mol. The van der Waals surface area contributed by atoms with E-state index in [9.17, 15) is 8.78 Å². The molecule has 0 aromatic carbocycles. The Morgan fingerprint density at radius 3 is 2.00 bits per heavy atom. The van der Waals surface area contributed by atoms with Crippen LogP contribution in [0, 0.1) is 0 Å². The molecule has 0 unspecified atom stereocenters. The Morgan fingerprint density at radius 2 is 1.73 bits per heavy atom. The number of hydrogen-bond donors (Lipinski definition) is 1. The lowest BCUT2D eigenvalue weighted by molar-refractivity contribution is 0.537. The number of thiol groups is 1. The largest absolute Gasteiger partial charge is 0.203 e. The second kappa shape index (κ2) is 4.34. The highest BCUT2D eigenvalue weighted by Crippen LogP contribution is 2.22. The Labute approximate surface area is 70.7 Å². The Balaban J connectivity index is 4.90. The average Bonchev–Trinajstić information content (AvgIpc) is 2.00. The fraction of sp³-hybridized carbons (Fsp3) is 0.250. The van der Waals surface area contributed by atoms with Crippen molar-refractivity contribution in [2.45, 2.75) is 13.8 Å². The molecule has 0 bridgehead atoms. The summed E-state index contributed by atoms with van der Waals surface area (Å²) in [5, 5.41) is 0. The summed E-state index contributed by atoms with van der Waals surface area (Å²) in [5.41, 5.74) is 0.177. The first-order valence-corrected chi connectivity index (χ1v) is 3.50. The predicted molar refractivity (Wildman–Crippen MR) is 46.8 cm³/mol. The van der Waals surface area contributed by atoms with Gasteiger partial charge in [-0.15, -0.1) is 12.6 Å². The molecule has 0 aromatic rings. The quantitative estimate of drug-likeness (QED) is 0.482. The zero-order valence-electron chi connectivity index (χ0n) is 6.49. The lowest BCUT2D eigenvalue weighted by Gasteiger charge is -1.97. The zero-order valence-corrected chi connectivity index (χ0v) is 7.38. The maximum absolute atomic E-state index is 12.8. The molecule has 0 heterocycles. The van der Waals surface area contributed by atoms with Crippen molar-refractivity contribution in [1.82, 2.24) is 0 Å². The van der Waals surface area contributed by atoms with Crippen LogP contribution in [0.3, 0.4) is 0 Å². The second-order valence-corrected chi connectivity index (χ2v) is 2.77. The van der Waals surface area contributed by atoms with Crippen molar-refractivity contribution in [2.24, 2.45) is 0 Å². The minimum Gasteiger partial charge on any atom is -0.203 e. The molecule has 0 aliphatic carbocycles. The fourth-order valence-corrected chi connectivity index (χ4v) is 0.520. The third kappa shape index (κ3) is 2.89. The van der Waals surface area contributed by atoms with Crippen molar-refractivity contribution < 1.29 is 8.78 Å². The number of allylic oxidation sites excluding steroid dienone is 5. The van der Waals surface area contributed by atoms with E-state index >= 15 is 0 Å². The van der Waals surface area contributed by atoms with Gasteiger partial charge in [0.2, 0.25) is 0 Å². The molecule has 0 rings (SSSR count). The fourth-order valence-electron chi connectivity index (χ4n) is 0.422. The van der Waals surface area contributed by atoms with Crippen molar-refractivity contribution in [1.29, 1.82) is 0 Å². The van der Waals surface area contributed by atoms with Crippen LogP contribution in [0.15, 0.2) is 34.8 Å². The third-order valence-electron chi connectivity index (χ3n) is 1.16. The van der Waals surface area contributed by atoms with Crippen molar-refractivity contribution in [2.75, 3.05) is 0 Å². The molecule has 62 valence electrons. The Kier molecular flexibility index (Phi) is 4.11. The molecule has 0 N–H and O–H groups in total. The standard InChI is InChI=1S/C8H10F2S/c1-4-5(2)7(9)8(10)6(3)11/h4,11H,1H2,2-3H3/b7-5+,8-6-. The molecule has 0 radical (unpaired) electrons. The van der Waals surface area contributed by atoms with Gasteiger partial charge in [0, 0.05) is 4.91 Å². The summed E-state index contributed by atoms with van der Waals surface area (Å²) in [6, 6.07) is 0. The Hall–Kier alpha value is -0.570. The van der Waals surface area contributed by atoms with Crippen molar-refractivity contribution in [3.8, 4) is 0 Å². The second-order valence-electron chi connectivity index (χ2n) is 2.10. The molecule has 11 heavy (non-hydrogen) atoms. The topological polar surface area (TPSA) is 0 Å². The van der Waals surface area contributed by atoms with Gasteiger partial charge in [0.15, 0.2) is 11.7 Å². The van der Waals surface area contributed by atoms with Crippen molar-refractivity contribution in [3.05, 3.63) is 34.8 Å². The van der Waals surface area contributed by atoms with Crippen LogP contribution in [0.5, 0.6) is 0 Å². The Bertz CT molecular complexity index is 222. The van der Waals surface area contributed by atoms with E-state index in [1.54, 1.807) is 0 Å². The van der Waals surface area contributed by atoms with Gasteiger partial charge in [-0.05, 0) is 19.4 Å². The highest BCUT2D eigenvalue weighted by atomic mass is 32.1. The van der Waals surface area contributed by atoms with Gasteiger partial charge in [-0.3, -0.25) is 0 Å². The number of rotatable bonds is 2. The molecule has 0 aliphatic rings. The van der Waals surface area contributed by atoms with E-state index in [-0.39, 0.29) is 10.5 Å². The molecule has 0 aromatic heterocycles. The first-order valence-electron chi connectivity index (χ1n) is 3.05. The lowest BCUT2D eigenvalue weighted by atomic mass is 10.2. The van der Waals surface area contributed by atoms with Crippen LogP contribution >= 0.6 is 12.6 Å². The summed E-state index contributed by atoms with van der Waals surface area (Å²) in [5.74, 6) is -1.82. The first-order chi connectivity index (χ1) is 5.00. The van der Waals surface area contributed by atoms with Crippen LogP contribution in [0.4, 0.5) is 8.78 Å². The van der Waals surface area contributed by atoms with Crippen LogP contribution in [-0.4, -0.2) is 0 Å². The van der Waals surface area contributed by atoms with Gasteiger partial charge in [0.1, 0.15) is 0 Å². The lowest BCUT2D eigenvalue weighted by Crippen LogP contribution is -1.81. The summed E-state index contributed by atoms with van der Waals surface area (Å²) in [4.78, 5) is 0.0312. The molecule has 0 fully saturated rings. The molecule has 0 saturated heterocycles. The summed E-state index contributed by atoms with van der Waals surface area (Å²) in [7, 11) is 0. The SMILES string of the molecule is C=C/C(C)=C(F)\C(F)=C(/C)S. The van der Waals surface area contributed by atoms with Crippen LogP contribution < -0.4 is 0 Å². The predicted octanol–water partition coefficient (Wildman–Crippen LogP) is 3.55. The zero-order chi connectivity index (χ0) is 9.02. The van der Waals surface area contributed by atoms with E-state index in [0.29, 0.717) is 0 Å². The molecular formula is C8H10F2S. The van der Waals surface area contributed by atoms with Crippen molar-refractivity contribution >= 4 is 12.6 Å². The molecule has 0 spiro atoms. The summed E-state index contributed by atoms with van der Waals surface area (Å²) < 4.78 is 25.4. The van der Waals surface area contributed by atoms with Gasteiger partial charge in [-0.25, -0.2) is 8.78 Å². The van der Waals surface area contributed by atoms with Gasteiger partial charge in [0.05, 0.1) is 0 Å². The highest BCUT2D eigenvalue weighted by Gasteiger charge is 2.07. The third-order valence-corrected chi connectivity index (χ3v) is 1.36. The van der Waals surface area contributed by atoms with Crippen LogP contribution in [0.1, 0.15) is 13.8 Å². The minimum atomic E-state index is -0.925. The first kappa shape index (κ1) is 10.4. The molecule has 0 amide bonds. The van der Waals surface area contributed by atoms with Crippen LogP contribution in [0.2, 0.25) is 0 Å². The summed E-state index contributed by atoms with van der Waals surface area (Å²) >= 11 is 3.66. The summed E-state index contributed by atoms with van der Waals surface area (Å²) in [6.45, 7) is 6.14. The molecule has 0 atom stereocenters.